The Labute approximate surface area is 114 Å². The van der Waals surface area contributed by atoms with Crippen LogP contribution in [0.2, 0.25) is 5.02 Å². The topological polar surface area (TPSA) is 70.2 Å². The summed E-state index contributed by atoms with van der Waals surface area (Å²) in [5, 5.41) is 11.0. The van der Waals surface area contributed by atoms with E-state index < -0.39 is 4.92 Å². The van der Waals surface area contributed by atoms with Gasteiger partial charge in [0, 0.05) is 18.5 Å². The molecule has 0 aliphatic heterocycles. The molecule has 0 bridgehead atoms. The number of hydrogen-bond acceptors (Lipinski definition) is 4. The zero-order chi connectivity index (χ0) is 13.8. The minimum absolute atomic E-state index is 0.0433. The largest absolute Gasteiger partial charge is 0.490 e. The van der Waals surface area contributed by atoms with Crippen LogP contribution >= 0.6 is 11.6 Å². The van der Waals surface area contributed by atoms with E-state index in [1.165, 1.54) is 18.2 Å². The van der Waals surface area contributed by atoms with Crippen LogP contribution in [0.25, 0.3) is 0 Å². The summed E-state index contributed by atoms with van der Waals surface area (Å²) >= 11 is 5.93. The van der Waals surface area contributed by atoms with Crippen molar-refractivity contribution in [3.05, 3.63) is 51.6 Å². The number of nitro groups is 1. The number of nitrogens with zero attached hydrogens (tertiary/aromatic N) is 3. The van der Waals surface area contributed by atoms with Crippen LogP contribution in [0, 0.1) is 17.0 Å². The van der Waals surface area contributed by atoms with E-state index in [1.807, 2.05) is 17.7 Å². The third kappa shape index (κ3) is 3.23. The lowest BCUT2D eigenvalue weighted by molar-refractivity contribution is -0.384. The molecule has 0 fully saturated rings. The zero-order valence-corrected chi connectivity index (χ0v) is 11.0. The molecule has 0 unspecified atom stereocenters. The van der Waals surface area contributed by atoms with E-state index >= 15 is 0 Å². The highest BCUT2D eigenvalue weighted by Crippen LogP contribution is 2.28. The van der Waals surface area contributed by atoms with Crippen LogP contribution < -0.4 is 4.74 Å². The molecule has 0 saturated carbocycles. The molecular weight excluding hydrogens is 270 g/mol. The van der Waals surface area contributed by atoms with Gasteiger partial charge in [0.05, 0.1) is 22.6 Å². The summed E-state index contributed by atoms with van der Waals surface area (Å²) in [7, 11) is 0. The number of nitro benzene ring substituents is 1. The summed E-state index contributed by atoms with van der Waals surface area (Å²) in [6, 6.07) is 4.12. The summed E-state index contributed by atoms with van der Waals surface area (Å²) in [6.45, 7) is 2.85. The van der Waals surface area contributed by atoms with E-state index in [9.17, 15) is 10.1 Å². The third-order valence-electron chi connectivity index (χ3n) is 2.64. The molecule has 19 heavy (non-hydrogen) atoms. The van der Waals surface area contributed by atoms with Crippen molar-refractivity contribution in [1.82, 2.24) is 9.55 Å². The normalized spacial score (nSPS) is 10.4. The van der Waals surface area contributed by atoms with Gasteiger partial charge in [0.1, 0.15) is 18.2 Å². The number of benzene rings is 1. The average Bonchev–Trinajstić information content (AvgIpc) is 2.77. The lowest BCUT2D eigenvalue weighted by Crippen LogP contribution is -2.09. The van der Waals surface area contributed by atoms with E-state index in [0.717, 1.165) is 5.82 Å². The van der Waals surface area contributed by atoms with E-state index in [-0.39, 0.29) is 5.69 Å². The van der Waals surface area contributed by atoms with Crippen molar-refractivity contribution in [2.75, 3.05) is 6.61 Å². The summed E-state index contributed by atoms with van der Waals surface area (Å²) in [5.41, 5.74) is -0.0433. The Balaban J connectivity index is 2.01. The minimum Gasteiger partial charge on any atom is -0.490 e. The number of aromatic nitrogens is 2. The molecule has 1 aromatic heterocycles. The lowest BCUT2D eigenvalue weighted by atomic mass is 10.3. The molecule has 0 spiro atoms. The van der Waals surface area contributed by atoms with Crippen LogP contribution in [-0.4, -0.2) is 21.1 Å². The zero-order valence-electron chi connectivity index (χ0n) is 10.2. The molecule has 7 heteroatoms. The van der Waals surface area contributed by atoms with E-state index in [4.69, 9.17) is 16.3 Å². The molecule has 0 N–H and O–H groups in total. The van der Waals surface area contributed by atoms with Crippen molar-refractivity contribution in [1.29, 1.82) is 0 Å². The first kappa shape index (κ1) is 13.4. The van der Waals surface area contributed by atoms with Gasteiger partial charge in [-0.3, -0.25) is 10.1 Å². The number of non-ortho nitro benzene ring substituents is 1. The Morgan fingerprint density at radius 2 is 2.32 bits per heavy atom. The number of halogens is 1. The fraction of sp³-hybridized carbons (Fsp3) is 0.250. The molecule has 0 atom stereocenters. The van der Waals surface area contributed by atoms with Crippen LogP contribution in [-0.2, 0) is 6.54 Å². The minimum atomic E-state index is -0.483. The van der Waals surface area contributed by atoms with Gasteiger partial charge in [-0.1, -0.05) is 11.6 Å². The number of aryl methyl sites for hydroxylation is 1. The number of hydrogen-bond donors (Lipinski definition) is 0. The first-order valence-electron chi connectivity index (χ1n) is 5.62. The summed E-state index contributed by atoms with van der Waals surface area (Å²) in [5.74, 6) is 1.20. The molecule has 2 aromatic rings. The maximum Gasteiger partial charge on any atom is 0.273 e. The highest BCUT2D eigenvalue weighted by molar-refractivity contribution is 6.32. The van der Waals surface area contributed by atoms with Gasteiger partial charge in [0.2, 0.25) is 0 Å². The molecule has 2 rings (SSSR count). The Morgan fingerprint density at radius 3 is 2.95 bits per heavy atom. The van der Waals surface area contributed by atoms with Gasteiger partial charge >= 0.3 is 0 Å². The number of rotatable bonds is 5. The van der Waals surface area contributed by atoms with Crippen molar-refractivity contribution in [2.45, 2.75) is 13.5 Å². The van der Waals surface area contributed by atoms with E-state index in [2.05, 4.69) is 4.98 Å². The smallest absolute Gasteiger partial charge is 0.273 e. The van der Waals surface area contributed by atoms with E-state index in [1.54, 1.807) is 6.20 Å². The van der Waals surface area contributed by atoms with Gasteiger partial charge < -0.3 is 9.30 Å². The second-order valence-electron chi connectivity index (χ2n) is 3.89. The van der Waals surface area contributed by atoms with Crippen LogP contribution in [0.3, 0.4) is 0 Å². The van der Waals surface area contributed by atoms with Crippen molar-refractivity contribution >= 4 is 17.3 Å². The van der Waals surface area contributed by atoms with Crippen LogP contribution in [0.4, 0.5) is 5.69 Å². The first-order valence-corrected chi connectivity index (χ1v) is 6.00. The van der Waals surface area contributed by atoms with Crippen molar-refractivity contribution < 1.29 is 9.66 Å². The first-order chi connectivity index (χ1) is 9.08. The number of ether oxygens (including phenoxy) is 1. The SMILES string of the molecule is Cc1nccn1CCOc1cc([N+](=O)[O-])ccc1Cl. The summed E-state index contributed by atoms with van der Waals surface area (Å²) in [4.78, 5) is 14.3. The van der Waals surface area contributed by atoms with E-state index in [0.29, 0.717) is 23.9 Å². The quantitative estimate of drug-likeness (QED) is 0.624. The summed E-state index contributed by atoms with van der Waals surface area (Å²) < 4.78 is 7.39. The molecule has 0 saturated heterocycles. The molecule has 1 aromatic carbocycles. The maximum atomic E-state index is 10.7. The lowest BCUT2D eigenvalue weighted by Gasteiger charge is -2.09. The molecule has 0 aliphatic carbocycles. The second-order valence-corrected chi connectivity index (χ2v) is 4.30. The molecule has 6 nitrogen and oxygen atoms in total. The van der Waals surface area contributed by atoms with Gasteiger partial charge in [-0.15, -0.1) is 0 Å². The Bertz CT molecular complexity index is 598. The summed E-state index contributed by atoms with van der Waals surface area (Å²) in [6.07, 6.45) is 3.55. The average molecular weight is 282 g/mol. The van der Waals surface area contributed by atoms with Gasteiger partial charge in [-0.05, 0) is 13.0 Å². The Kier molecular flexibility index (Phi) is 4.01. The predicted molar refractivity (Wildman–Crippen MR) is 70.6 cm³/mol. The maximum absolute atomic E-state index is 10.7. The van der Waals surface area contributed by atoms with Crippen molar-refractivity contribution in [3.63, 3.8) is 0 Å². The van der Waals surface area contributed by atoms with Gasteiger partial charge in [-0.25, -0.2) is 4.98 Å². The third-order valence-corrected chi connectivity index (χ3v) is 2.95. The molecular formula is C12H12ClN3O3. The Morgan fingerprint density at radius 1 is 1.53 bits per heavy atom. The standard InChI is InChI=1S/C12H12ClN3O3/c1-9-14-4-5-15(9)6-7-19-12-8-10(16(17)18)2-3-11(12)13/h2-5,8H,6-7H2,1H3. The van der Waals surface area contributed by atoms with Gasteiger partial charge in [0.15, 0.2) is 0 Å². The van der Waals surface area contributed by atoms with Crippen LogP contribution in [0.15, 0.2) is 30.6 Å². The number of imidazole rings is 1. The fourth-order valence-corrected chi connectivity index (χ4v) is 1.78. The van der Waals surface area contributed by atoms with Gasteiger partial charge in [0.25, 0.3) is 5.69 Å². The monoisotopic (exact) mass is 281 g/mol. The predicted octanol–water partition coefficient (Wildman–Crippen LogP) is 2.83. The fourth-order valence-electron chi connectivity index (χ4n) is 1.61. The molecule has 0 amide bonds. The van der Waals surface area contributed by atoms with Crippen LogP contribution in [0.5, 0.6) is 5.75 Å². The highest BCUT2D eigenvalue weighted by Gasteiger charge is 2.10. The van der Waals surface area contributed by atoms with Gasteiger partial charge in [-0.2, -0.15) is 0 Å². The Hall–Kier alpha value is -2.08. The second kappa shape index (κ2) is 5.71. The molecule has 100 valence electrons. The van der Waals surface area contributed by atoms with Crippen molar-refractivity contribution in [2.24, 2.45) is 0 Å². The molecule has 1 heterocycles. The molecule has 0 aliphatic rings. The molecule has 0 radical (unpaired) electrons. The van der Waals surface area contributed by atoms with Crippen LogP contribution in [0.1, 0.15) is 5.82 Å². The highest BCUT2D eigenvalue weighted by atomic mass is 35.5. The van der Waals surface area contributed by atoms with Crippen molar-refractivity contribution in [3.8, 4) is 5.75 Å².